The van der Waals surface area contributed by atoms with Crippen molar-refractivity contribution in [3.8, 4) is 0 Å². The summed E-state index contributed by atoms with van der Waals surface area (Å²) in [7, 11) is 1.70. The predicted octanol–water partition coefficient (Wildman–Crippen LogP) is 3.98. The zero-order chi connectivity index (χ0) is 18.4. The number of rotatable bonds is 5. The van der Waals surface area contributed by atoms with Gasteiger partial charge in [0.05, 0.1) is 0 Å². The number of carbonyl (C=O) groups excluding carboxylic acids is 2. The molecule has 132 valence electrons. The fourth-order valence-corrected chi connectivity index (χ4v) is 2.52. The van der Waals surface area contributed by atoms with Gasteiger partial charge < -0.3 is 15.5 Å². The molecular formula is C20H25N3O2. The van der Waals surface area contributed by atoms with E-state index in [0.717, 1.165) is 5.69 Å². The van der Waals surface area contributed by atoms with E-state index in [-0.39, 0.29) is 23.9 Å². The molecule has 0 aliphatic carbocycles. The minimum Gasteiger partial charge on any atom is -0.335 e. The molecule has 2 aromatic carbocycles. The van der Waals surface area contributed by atoms with E-state index in [4.69, 9.17) is 0 Å². The summed E-state index contributed by atoms with van der Waals surface area (Å²) in [6.07, 6.45) is 0. The molecule has 0 aliphatic rings. The highest BCUT2D eigenvalue weighted by molar-refractivity contribution is 5.93. The second-order valence-electron chi connectivity index (χ2n) is 6.21. The molecule has 0 unspecified atom stereocenters. The molecule has 2 aromatic rings. The normalized spacial score (nSPS) is 12.8. The Morgan fingerprint density at radius 2 is 1.68 bits per heavy atom. The van der Waals surface area contributed by atoms with Crippen LogP contribution in [0.2, 0.25) is 0 Å². The summed E-state index contributed by atoms with van der Waals surface area (Å²) in [6, 6.07) is 17.0. The summed E-state index contributed by atoms with van der Waals surface area (Å²) >= 11 is 0. The van der Waals surface area contributed by atoms with Crippen molar-refractivity contribution < 1.29 is 9.59 Å². The fourth-order valence-electron chi connectivity index (χ4n) is 2.52. The molecule has 25 heavy (non-hydrogen) atoms. The standard InChI is InChI=1S/C20H25N3O2/c1-14(17-9-6-5-7-10-17)15(2)21-20(25)22-18-11-8-12-19(13-18)23(4)16(3)24/h5-15H,1-4H3,(H2,21,22,25)/t14-,15-/m0/s1. The van der Waals surface area contributed by atoms with Gasteiger partial charge in [-0.15, -0.1) is 0 Å². The van der Waals surface area contributed by atoms with Crippen LogP contribution in [0.15, 0.2) is 54.6 Å². The van der Waals surface area contributed by atoms with E-state index in [1.54, 1.807) is 25.2 Å². The molecule has 5 nitrogen and oxygen atoms in total. The van der Waals surface area contributed by atoms with Crippen molar-refractivity contribution in [2.24, 2.45) is 0 Å². The maximum absolute atomic E-state index is 12.3. The van der Waals surface area contributed by atoms with Crippen molar-refractivity contribution in [3.05, 3.63) is 60.2 Å². The average molecular weight is 339 g/mol. The first-order valence-corrected chi connectivity index (χ1v) is 8.35. The maximum Gasteiger partial charge on any atom is 0.319 e. The highest BCUT2D eigenvalue weighted by atomic mass is 16.2. The lowest BCUT2D eigenvalue weighted by atomic mass is 9.95. The maximum atomic E-state index is 12.3. The summed E-state index contributed by atoms with van der Waals surface area (Å²) in [5, 5.41) is 5.79. The Morgan fingerprint density at radius 1 is 1.00 bits per heavy atom. The van der Waals surface area contributed by atoms with Gasteiger partial charge in [-0.2, -0.15) is 0 Å². The number of benzene rings is 2. The smallest absolute Gasteiger partial charge is 0.319 e. The zero-order valence-corrected chi connectivity index (χ0v) is 15.1. The minimum atomic E-state index is -0.266. The van der Waals surface area contributed by atoms with Crippen LogP contribution < -0.4 is 15.5 Å². The molecule has 0 saturated heterocycles. The Morgan fingerprint density at radius 3 is 2.32 bits per heavy atom. The molecule has 0 spiro atoms. The summed E-state index contributed by atoms with van der Waals surface area (Å²) in [4.78, 5) is 25.3. The van der Waals surface area contributed by atoms with Gasteiger partial charge in [0.25, 0.3) is 0 Å². The van der Waals surface area contributed by atoms with Crippen LogP contribution in [0.25, 0.3) is 0 Å². The van der Waals surface area contributed by atoms with Gasteiger partial charge in [-0.1, -0.05) is 43.3 Å². The SMILES string of the molecule is CC(=O)N(C)c1cccc(NC(=O)N[C@@H](C)[C@H](C)c2ccccc2)c1. The van der Waals surface area contributed by atoms with Gasteiger partial charge in [0.1, 0.15) is 0 Å². The van der Waals surface area contributed by atoms with Gasteiger partial charge >= 0.3 is 6.03 Å². The van der Waals surface area contributed by atoms with E-state index in [2.05, 4.69) is 29.7 Å². The Bertz CT molecular complexity index is 731. The molecule has 0 aromatic heterocycles. The van der Waals surface area contributed by atoms with Gasteiger partial charge in [-0.05, 0) is 30.7 Å². The number of nitrogens with zero attached hydrogens (tertiary/aromatic N) is 1. The number of hydrogen-bond acceptors (Lipinski definition) is 2. The van der Waals surface area contributed by atoms with Gasteiger partial charge in [-0.3, -0.25) is 4.79 Å². The molecule has 2 N–H and O–H groups in total. The summed E-state index contributed by atoms with van der Waals surface area (Å²) in [5.74, 6) is 0.133. The Labute approximate surface area is 149 Å². The summed E-state index contributed by atoms with van der Waals surface area (Å²) in [5.41, 5.74) is 2.55. The number of nitrogens with one attached hydrogen (secondary N) is 2. The summed E-state index contributed by atoms with van der Waals surface area (Å²) < 4.78 is 0. The molecule has 0 aliphatic heterocycles. The first kappa shape index (κ1) is 18.5. The zero-order valence-electron chi connectivity index (χ0n) is 15.1. The van der Waals surface area contributed by atoms with Crippen LogP contribution in [-0.4, -0.2) is 25.0 Å². The number of carbonyl (C=O) groups is 2. The molecule has 0 radical (unpaired) electrons. The predicted molar refractivity (Wildman–Crippen MR) is 102 cm³/mol. The molecule has 0 heterocycles. The van der Waals surface area contributed by atoms with E-state index in [1.165, 1.54) is 17.4 Å². The van der Waals surface area contributed by atoms with Gasteiger partial charge in [0, 0.05) is 37.3 Å². The summed E-state index contributed by atoms with van der Waals surface area (Å²) in [6.45, 7) is 5.57. The van der Waals surface area contributed by atoms with Crippen molar-refractivity contribution >= 4 is 23.3 Å². The molecule has 2 rings (SSSR count). The molecule has 0 saturated carbocycles. The molecule has 2 atom stereocenters. The molecule has 5 heteroatoms. The Hall–Kier alpha value is -2.82. The third-order valence-electron chi connectivity index (χ3n) is 4.40. The van der Waals surface area contributed by atoms with Crippen molar-refractivity contribution in [2.45, 2.75) is 32.7 Å². The van der Waals surface area contributed by atoms with Gasteiger partial charge in [0.15, 0.2) is 0 Å². The van der Waals surface area contributed by atoms with E-state index >= 15 is 0 Å². The molecule has 0 fully saturated rings. The number of hydrogen-bond donors (Lipinski definition) is 2. The van der Waals surface area contributed by atoms with Gasteiger partial charge in [0.2, 0.25) is 5.91 Å². The molecule has 3 amide bonds. The van der Waals surface area contributed by atoms with Crippen LogP contribution in [0.4, 0.5) is 16.2 Å². The largest absolute Gasteiger partial charge is 0.335 e. The highest BCUT2D eigenvalue weighted by Crippen LogP contribution is 2.20. The second kappa shape index (κ2) is 8.33. The van der Waals surface area contributed by atoms with Crippen molar-refractivity contribution in [2.75, 3.05) is 17.3 Å². The van der Waals surface area contributed by atoms with E-state index < -0.39 is 0 Å². The van der Waals surface area contributed by atoms with E-state index in [0.29, 0.717) is 5.69 Å². The van der Waals surface area contributed by atoms with E-state index in [1.807, 2.05) is 31.2 Å². The van der Waals surface area contributed by atoms with Crippen molar-refractivity contribution in [1.29, 1.82) is 0 Å². The van der Waals surface area contributed by atoms with E-state index in [9.17, 15) is 9.59 Å². The third kappa shape index (κ3) is 5.08. The van der Waals surface area contributed by atoms with Crippen LogP contribution in [0.3, 0.4) is 0 Å². The molecular weight excluding hydrogens is 314 g/mol. The monoisotopic (exact) mass is 339 g/mol. The first-order chi connectivity index (χ1) is 11.9. The fraction of sp³-hybridized carbons (Fsp3) is 0.300. The lowest BCUT2D eigenvalue weighted by Crippen LogP contribution is -2.39. The second-order valence-corrected chi connectivity index (χ2v) is 6.21. The third-order valence-corrected chi connectivity index (χ3v) is 4.40. The lowest BCUT2D eigenvalue weighted by molar-refractivity contribution is -0.116. The van der Waals surface area contributed by atoms with Crippen LogP contribution in [0.5, 0.6) is 0 Å². The van der Waals surface area contributed by atoms with Crippen molar-refractivity contribution in [1.82, 2.24) is 5.32 Å². The van der Waals surface area contributed by atoms with Crippen LogP contribution in [0.1, 0.15) is 32.3 Å². The number of urea groups is 1. The highest BCUT2D eigenvalue weighted by Gasteiger charge is 2.16. The van der Waals surface area contributed by atoms with Crippen LogP contribution in [0, 0.1) is 0 Å². The number of amides is 3. The first-order valence-electron chi connectivity index (χ1n) is 8.35. The Balaban J connectivity index is 1.98. The minimum absolute atomic E-state index is 0.0227. The van der Waals surface area contributed by atoms with Crippen LogP contribution >= 0.6 is 0 Å². The van der Waals surface area contributed by atoms with Crippen LogP contribution in [-0.2, 0) is 4.79 Å². The van der Waals surface area contributed by atoms with Gasteiger partial charge in [-0.25, -0.2) is 4.79 Å². The Kier molecular flexibility index (Phi) is 6.17. The lowest BCUT2D eigenvalue weighted by Gasteiger charge is -2.22. The van der Waals surface area contributed by atoms with Crippen molar-refractivity contribution in [3.63, 3.8) is 0 Å². The quantitative estimate of drug-likeness (QED) is 0.865. The molecule has 0 bridgehead atoms. The average Bonchev–Trinajstić information content (AvgIpc) is 2.61. The topological polar surface area (TPSA) is 61.4 Å². The number of anilines is 2.